The van der Waals surface area contributed by atoms with E-state index in [2.05, 4.69) is 170 Å². The zero-order valence-corrected chi connectivity index (χ0v) is 25.4. The van der Waals surface area contributed by atoms with E-state index in [0.29, 0.717) is 0 Å². The monoisotopic (exact) mass is 573 g/mol. The summed E-state index contributed by atoms with van der Waals surface area (Å²) in [6.07, 6.45) is 0. The molecular weight excluding hydrogens is 542 g/mol. The number of para-hydroxylation sites is 2. The first-order valence-electron chi connectivity index (χ1n) is 15.7. The highest BCUT2D eigenvalue weighted by atomic mass is 15.0. The Bertz CT molecular complexity index is 2560. The average molecular weight is 574 g/mol. The van der Waals surface area contributed by atoms with Crippen LogP contribution in [0.1, 0.15) is 11.1 Å². The lowest BCUT2D eigenvalue weighted by Gasteiger charge is -2.17. The molecule has 0 N–H and O–H groups in total. The molecule has 0 radical (unpaired) electrons. The molecule has 1 aromatic heterocycles. The number of aryl methyl sites for hydroxylation is 2. The molecule has 0 aliphatic rings. The highest BCUT2D eigenvalue weighted by Gasteiger charge is 2.15. The molecule has 8 aromatic carbocycles. The summed E-state index contributed by atoms with van der Waals surface area (Å²) >= 11 is 0. The lowest BCUT2D eigenvalue weighted by molar-refractivity contribution is 1.18. The van der Waals surface area contributed by atoms with Crippen LogP contribution in [0.2, 0.25) is 0 Å². The van der Waals surface area contributed by atoms with Gasteiger partial charge in [-0.15, -0.1) is 0 Å². The van der Waals surface area contributed by atoms with E-state index in [1.165, 1.54) is 93.2 Å². The third kappa shape index (κ3) is 3.94. The molecule has 9 aromatic rings. The van der Waals surface area contributed by atoms with Crippen molar-refractivity contribution in [3.8, 4) is 27.9 Å². The summed E-state index contributed by atoms with van der Waals surface area (Å²) in [5.41, 5.74) is 11.2. The van der Waals surface area contributed by atoms with Gasteiger partial charge in [-0.1, -0.05) is 115 Å². The van der Waals surface area contributed by atoms with Crippen LogP contribution < -0.4 is 0 Å². The number of benzene rings is 8. The van der Waals surface area contributed by atoms with E-state index in [9.17, 15) is 0 Å². The Hall–Kier alpha value is -5.66. The molecule has 0 amide bonds. The molecule has 212 valence electrons. The number of rotatable bonds is 3. The van der Waals surface area contributed by atoms with Gasteiger partial charge in [-0.2, -0.15) is 0 Å². The van der Waals surface area contributed by atoms with Gasteiger partial charge in [0.2, 0.25) is 0 Å². The smallest absolute Gasteiger partial charge is 0.0541 e. The third-order valence-electron chi connectivity index (χ3n) is 9.63. The predicted octanol–water partition coefficient (Wildman–Crippen LogP) is 12.2. The second kappa shape index (κ2) is 9.94. The zero-order chi connectivity index (χ0) is 30.1. The van der Waals surface area contributed by atoms with Gasteiger partial charge in [0.1, 0.15) is 0 Å². The summed E-state index contributed by atoms with van der Waals surface area (Å²) in [6.45, 7) is 4.49. The van der Waals surface area contributed by atoms with Crippen LogP contribution in [-0.4, -0.2) is 4.57 Å². The highest BCUT2D eigenvalue weighted by molar-refractivity contribution is 6.26. The molecule has 0 aliphatic carbocycles. The Morgan fingerprint density at radius 1 is 0.333 bits per heavy atom. The van der Waals surface area contributed by atoms with Gasteiger partial charge in [0.05, 0.1) is 11.0 Å². The topological polar surface area (TPSA) is 4.93 Å². The largest absolute Gasteiger partial charge is 0.309 e. The van der Waals surface area contributed by atoms with Crippen LogP contribution in [0.15, 0.2) is 152 Å². The minimum absolute atomic E-state index is 1.17. The summed E-state index contributed by atoms with van der Waals surface area (Å²) in [7, 11) is 0. The van der Waals surface area contributed by atoms with Crippen molar-refractivity contribution in [2.45, 2.75) is 13.8 Å². The molecule has 1 heterocycles. The van der Waals surface area contributed by atoms with Crippen molar-refractivity contribution in [1.29, 1.82) is 0 Å². The minimum atomic E-state index is 1.17. The van der Waals surface area contributed by atoms with E-state index >= 15 is 0 Å². The quantitative estimate of drug-likeness (QED) is 0.185. The van der Waals surface area contributed by atoms with E-state index < -0.39 is 0 Å². The SMILES string of the molecule is Cc1ccc(-c2cccc(-n3c4ccccc4c4ccccc43)c2)cc1-c1cc2c3ccccc3c3ccccc3c2cc1C. The van der Waals surface area contributed by atoms with Crippen LogP contribution in [0.4, 0.5) is 0 Å². The zero-order valence-electron chi connectivity index (χ0n) is 25.4. The average Bonchev–Trinajstić information content (AvgIpc) is 3.43. The lowest BCUT2D eigenvalue weighted by atomic mass is 9.88. The molecule has 0 atom stereocenters. The van der Waals surface area contributed by atoms with E-state index in [4.69, 9.17) is 0 Å². The summed E-state index contributed by atoms with van der Waals surface area (Å²) in [6, 6.07) is 55.8. The van der Waals surface area contributed by atoms with Crippen molar-refractivity contribution in [3.05, 3.63) is 163 Å². The van der Waals surface area contributed by atoms with Gasteiger partial charge in [-0.3, -0.25) is 0 Å². The Kier molecular flexibility index (Phi) is 5.70. The predicted molar refractivity (Wildman–Crippen MR) is 194 cm³/mol. The van der Waals surface area contributed by atoms with Crippen LogP contribution in [0.3, 0.4) is 0 Å². The molecule has 0 bridgehead atoms. The first kappa shape index (κ1) is 25.8. The summed E-state index contributed by atoms with van der Waals surface area (Å²) in [4.78, 5) is 0. The molecule has 1 heteroatoms. The second-order valence-corrected chi connectivity index (χ2v) is 12.3. The van der Waals surface area contributed by atoms with Crippen molar-refractivity contribution >= 4 is 54.1 Å². The second-order valence-electron chi connectivity index (χ2n) is 12.3. The number of nitrogens with zero attached hydrogens (tertiary/aromatic N) is 1. The van der Waals surface area contributed by atoms with E-state index in [1.807, 2.05) is 0 Å². The first-order valence-corrected chi connectivity index (χ1v) is 15.7. The Labute approximate surface area is 262 Å². The Balaban J connectivity index is 1.23. The fraction of sp³-hybridized carbons (Fsp3) is 0.0455. The Morgan fingerprint density at radius 2 is 0.822 bits per heavy atom. The van der Waals surface area contributed by atoms with Gasteiger partial charge in [0, 0.05) is 16.5 Å². The fourth-order valence-electron chi connectivity index (χ4n) is 7.47. The number of fused-ring (bicyclic) bond motifs is 9. The maximum atomic E-state index is 2.43. The third-order valence-corrected chi connectivity index (χ3v) is 9.63. The normalized spacial score (nSPS) is 11.8. The summed E-state index contributed by atoms with van der Waals surface area (Å²) < 4.78 is 2.40. The molecular formula is C44H31N. The minimum Gasteiger partial charge on any atom is -0.309 e. The van der Waals surface area contributed by atoms with Crippen LogP contribution in [0.5, 0.6) is 0 Å². The molecule has 0 saturated heterocycles. The van der Waals surface area contributed by atoms with Crippen molar-refractivity contribution in [1.82, 2.24) is 4.57 Å². The molecule has 0 aliphatic heterocycles. The van der Waals surface area contributed by atoms with Crippen LogP contribution in [-0.2, 0) is 0 Å². The first-order chi connectivity index (χ1) is 22.2. The van der Waals surface area contributed by atoms with Crippen LogP contribution >= 0.6 is 0 Å². The highest BCUT2D eigenvalue weighted by Crippen LogP contribution is 2.40. The van der Waals surface area contributed by atoms with E-state index in [1.54, 1.807) is 0 Å². The standard InChI is InChI=1S/C44H31N/c1-28-22-23-31(30-12-11-13-32(25-30)45-43-20-9-7-18-37(43)38-19-8-10-21-44(38)45)26-39(28)40-27-42-36-17-6-4-15-34(36)33-14-3-5-16-35(33)41(42)24-29(40)2/h3-27H,1-2H3. The molecule has 0 spiro atoms. The fourth-order valence-corrected chi connectivity index (χ4v) is 7.47. The number of hydrogen-bond donors (Lipinski definition) is 0. The van der Waals surface area contributed by atoms with Crippen molar-refractivity contribution < 1.29 is 0 Å². The van der Waals surface area contributed by atoms with E-state index in [0.717, 1.165) is 0 Å². The van der Waals surface area contributed by atoms with Crippen molar-refractivity contribution in [2.24, 2.45) is 0 Å². The van der Waals surface area contributed by atoms with Gasteiger partial charge in [-0.05, 0) is 116 Å². The van der Waals surface area contributed by atoms with Gasteiger partial charge in [-0.25, -0.2) is 0 Å². The van der Waals surface area contributed by atoms with E-state index in [-0.39, 0.29) is 0 Å². The molecule has 0 saturated carbocycles. The molecule has 9 rings (SSSR count). The van der Waals surface area contributed by atoms with Crippen molar-refractivity contribution in [3.63, 3.8) is 0 Å². The van der Waals surface area contributed by atoms with Gasteiger partial charge < -0.3 is 4.57 Å². The molecule has 1 nitrogen and oxygen atoms in total. The van der Waals surface area contributed by atoms with Gasteiger partial charge >= 0.3 is 0 Å². The number of aromatic nitrogens is 1. The molecule has 45 heavy (non-hydrogen) atoms. The maximum absolute atomic E-state index is 2.43. The molecule has 0 fully saturated rings. The summed E-state index contributed by atoms with van der Waals surface area (Å²) in [5.74, 6) is 0. The maximum Gasteiger partial charge on any atom is 0.0541 e. The number of hydrogen-bond acceptors (Lipinski definition) is 0. The lowest BCUT2D eigenvalue weighted by Crippen LogP contribution is -1.95. The van der Waals surface area contributed by atoms with Crippen LogP contribution in [0.25, 0.3) is 82.1 Å². The molecule has 0 unspecified atom stereocenters. The van der Waals surface area contributed by atoms with Gasteiger partial charge in [0.15, 0.2) is 0 Å². The van der Waals surface area contributed by atoms with Gasteiger partial charge in [0.25, 0.3) is 0 Å². The van der Waals surface area contributed by atoms with Crippen LogP contribution in [0, 0.1) is 13.8 Å². The summed E-state index contributed by atoms with van der Waals surface area (Å²) in [5, 5.41) is 10.4. The van der Waals surface area contributed by atoms with Crippen molar-refractivity contribution in [2.75, 3.05) is 0 Å². The Morgan fingerprint density at radius 3 is 1.44 bits per heavy atom.